The zero-order valence-electron chi connectivity index (χ0n) is 6.72. The van der Waals surface area contributed by atoms with Gasteiger partial charge < -0.3 is 10.1 Å². The van der Waals surface area contributed by atoms with Gasteiger partial charge in [-0.15, -0.1) is 0 Å². The van der Waals surface area contributed by atoms with Crippen LogP contribution < -0.4 is 5.32 Å². The van der Waals surface area contributed by atoms with Crippen molar-refractivity contribution in [1.29, 1.82) is 0 Å². The fraction of sp³-hybridized carbons (Fsp3) is 0.875. The number of carbonyl (C=O) groups excluding carboxylic acids is 1. The second-order valence-electron chi connectivity index (χ2n) is 3.59. The molecular weight excluding hydrogens is 142 g/mol. The van der Waals surface area contributed by atoms with Crippen molar-refractivity contribution in [3.8, 4) is 0 Å². The van der Waals surface area contributed by atoms with Gasteiger partial charge in [-0.3, -0.25) is 4.79 Å². The first-order valence-electron chi connectivity index (χ1n) is 4.09. The molecule has 0 aromatic rings. The maximum absolute atomic E-state index is 11.1. The molecule has 1 aliphatic carbocycles. The molecule has 1 heterocycles. The third-order valence-corrected chi connectivity index (χ3v) is 2.75. The number of hydrogen-bond donors (Lipinski definition) is 1. The summed E-state index contributed by atoms with van der Waals surface area (Å²) in [5.41, 5.74) is 0.346. The zero-order chi connectivity index (χ0) is 7.90. The van der Waals surface area contributed by atoms with E-state index in [1.54, 1.807) is 0 Å². The van der Waals surface area contributed by atoms with Crippen molar-refractivity contribution in [2.45, 2.75) is 24.8 Å². The van der Waals surface area contributed by atoms with Crippen LogP contribution in [0.5, 0.6) is 0 Å². The zero-order valence-corrected chi connectivity index (χ0v) is 6.72. The lowest BCUT2D eigenvalue weighted by atomic mass is 10.1. The Hall–Kier alpha value is -0.570. The Morgan fingerprint density at radius 2 is 2.36 bits per heavy atom. The SMILES string of the molecule is COC(=O)C1CNC2(CC2)C1. The molecule has 1 unspecified atom stereocenters. The molecule has 1 saturated carbocycles. The van der Waals surface area contributed by atoms with E-state index in [1.165, 1.54) is 20.0 Å². The molecule has 2 aliphatic rings. The van der Waals surface area contributed by atoms with E-state index < -0.39 is 0 Å². The van der Waals surface area contributed by atoms with Crippen molar-refractivity contribution < 1.29 is 9.53 Å². The van der Waals surface area contributed by atoms with Gasteiger partial charge in [0, 0.05) is 12.1 Å². The van der Waals surface area contributed by atoms with Gasteiger partial charge in [-0.2, -0.15) is 0 Å². The average Bonchev–Trinajstić information content (AvgIpc) is 2.61. The van der Waals surface area contributed by atoms with Crippen molar-refractivity contribution in [2.75, 3.05) is 13.7 Å². The number of esters is 1. The minimum Gasteiger partial charge on any atom is -0.469 e. The smallest absolute Gasteiger partial charge is 0.310 e. The fourth-order valence-electron chi connectivity index (χ4n) is 1.82. The average molecular weight is 155 g/mol. The molecule has 3 heteroatoms. The first-order valence-corrected chi connectivity index (χ1v) is 4.09. The van der Waals surface area contributed by atoms with Crippen LogP contribution in [0.1, 0.15) is 19.3 Å². The molecule has 2 fully saturated rings. The molecule has 62 valence electrons. The molecule has 1 N–H and O–H groups in total. The molecule has 1 spiro atoms. The van der Waals surface area contributed by atoms with E-state index in [4.69, 9.17) is 0 Å². The molecule has 1 aliphatic heterocycles. The van der Waals surface area contributed by atoms with E-state index in [-0.39, 0.29) is 11.9 Å². The first-order chi connectivity index (χ1) is 5.26. The Balaban J connectivity index is 1.94. The van der Waals surface area contributed by atoms with Crippen LogP contribution in [0.25, 0.3) is 0 Å². The summed E-state index contributed by atoms with van der Waals surface area (Å²) in [4.78, 5) is 11.1. The third kappa shape index (κ3) is 1.13. The predicted molar refractivity (Wildman–Crippen MR) is 40.1 cm³/mol. The van der Waals surface area contributed by atoms with Crippen LogP contribution in [-0.2, 0) is 9.53 Å². The number of hydrogen-bond acceptors (Lipinski definition) is 3. The van der Waals surface area contributed by atoms with E-state index in [0.29, 0.717) is 5.54 Å². The molecule has 0 radical (unpaired) electrons. The van der Waals surface area contributed by atoms with E-state index in [2.05, 4.69) is 10.1 Å². The molecule has 0 aromatic heterocycles. The van der Waals surface area contributed by atoms with Crippen LogP contribution in [0.3, 0.4) is 0 Å². The minimum atomic E-state index is -0.0544. The van der Waals surface area contributed by atoms with Crippen molar-refractivity contribution >= 4 is 5.97 Å². The lowest BCUT2D eigenvalue weighted by molar-refractivity contribution is -0.144. The fourth-order valence-corrected chi connectivity index (χ4v) is 1.82. The number of carbonyl (C=O) groups is 1. The van der Waals surface area contributed by atoms with Crippen LogP contribution in [0.4, 0.5) is 0 Å². The predicted octanol–water partition coefficient (Wildman–Crippen LogP) is 0.301. The Bertz CT molecular complexity index is 187. The van der Waals surface area contributed by atoms with Gasteiger partial charge in [0.1, 0.15) is 0 Å². The van der Waals surface area contributed by atoms with Crippen LogP contribution in [0.15, 0.2) is 0 Å². The summed E-state index contributed by atoms with van der Waals surface area (Å²) in [7, 11) is 1.46. The molecule has 2 rings (SSSR count). The van der Waals surface area contributed by atoms with Gasteiger partial charge in [0.25, 0.3) is 0 Å². The van der Waals surface area contributed by atoms with Gasteiger partial charge >= 0.3 is 5.97 Å². The van der Waals surface area contributed by atoms with Crippen molar-refractivity contribution in [3.05, 3.63) is 0 Å². The molecule has 0 amide bonds. The number of nitrogens with one attached hydrogen (secondary N) is 1. The highest BCUT2D eigenvalue weighted by Crippen LogP contribution is 2.44. The summed E-state index contributed by atoms with van der Waals surface area (Å²) in [6.45, 7) is 0.812. The largest absolute Gasteiger partial charge is 0.469 e. The Kier molecular flexibility index (Phi) is 1.42. The number of ether oxygens (including phenoxy) is 1. The van der Waals surface area contributed by atoms with Gasteiger partial charge in [-0.1, -0.05) is 0 Å². The Labute approximate surface area is 66.1 Å². The highest BCUT2D eigenvalue weighted by Gasteiger charge is 2.50. The number of rotatable bonds is 1. The lowest BCUT2D eigenvalue weighted by Crippen LogP contribution is -2.22. The Morgan fingerprint density at radius 3 is 2.82 bits per heavy atom. The van der Waals surface area contributed by atoms with Crippen LogP contribution in [0.2, 0.25) is 0 Å². The van der Waals surface area contributed by atoms with E-state index in [1.807, 2.05) is 0 Å². The molecule has 11 heavy (non-hydrogen) atoms. The monoisotopic (exact) mass is 155 g/mol. The number of methoxy groups -OCH3 is 1. The highest BCUT2D eigenvalue weighted by atomic mass is 16.5. The quantitative estimate of drug-likeness (QED) is 0.553. The van der Waals surface area contributed by atoms with E-state index >= 15 is 0 Å². The van der Waals surface area contributed by atoms with Crippen LogP contribution >= 0.6 is 0 Å². The van der Waals surface area contributed by atoms with Gasteiger partial charge in [0.15, 0.2) is 0 Å². The van der Waals surface area contributed by atoms with Crippen molar-refractivity contribution in [2.24, 2.45) is 5.92 Å². The molecular formula is C8H13NO2. The van der Waals surface area contributed by atoms with Crippen LogP contribution in [0, 0.1) is 5.92 Å². The standard InChI is InChI=1S/C8H13NO2/c1-11-7(10)6-4-8(2-3-8)9-5-6/h6,9H,2-5H2,1H3. The second-order valence-corrected chi connectivity index (χ2v) is 3.59. The molecule has 3 nitrogen and oxygen atoms in total. The van der Waals surface area contributed by atoms with Crippen molar-refractivity contribution in [3.63, 3.8) is 0 Å². The summed E-state index contributed by atoms with van der Waals surface area (Å²) < 4.78 is 4.68. The third-order valence-electron chi connectivity index (χ3n) is 2.75. The molecule has 1 saturated heterocycles. The molecule has 1 atom stereocenters. The Morgan fingerprint density at radius 1 is 1.64 bits per heavy atom. The molecule has 0 aromatic carbocycles. The summed E-state index contributed by atoms with van der Waals surface area (Å²) in [5.74, 6) is 0.0591. The van der Waals surface area contributed by atoms with E-state index in [9.17, 15) is 4.79 Å². The topological polar surface area (TPSA) is 38.3 Å². The van der Waals surface area contributed by atoms with Crippen LogP contribution in [-0.4, -0.2) is 25.2 Å². The first kappa shape index (κ1) is 7.10. The highest BCUT2D eigenvalue weighted by molar-refractivity contribution is 5.73. The summed E-state index contributed by atoms with van der Waals surface area (Å²) in [5, 5.41) is 3.37. The minimum absolute atomic E-state index is 0.0544. The second kappa shape index (κ2) is 2.21. The normalized spacial score (nSPS) is 32.3. The maximum atomic E-state index is 11.1. The van der Waals surface area contributed by atoms with Gasteiger partial charge in [-0.25, -0.2) is 0 Å². The summed E-state index contributed by atoms with van der Waals surface area (Å²) in [6, 6.07) is 0. The van der Waals surface area contributed by atoms with Crippen molar-refractivity contribution in [1.82, 2.24) is 5.32 Å². The van der Waals surface area contributed by atoms with Gasteiger partial charge in [0.2, 0.25) is 0 Å². The summed E-state index contributed by atoms with van der Waals surface area (Å²) in [6.07, 6.45) is 3.46. The summed E-state index contributed by atoms with van der Waals surface area (Å²) >= 11 is 0. The molecule has 0 bridgehead atoms. The lowest BCUT2D eigenvalue weighted by Gasteiger charge is -2.05. The van der Waals surface area contributed by atoms with E-state index in [0.717, 1.165) is 13.0 Å². The maximum Gasteiger partial charge on any atom is 0.310 e. The van der Waals surface area contributed by atoms with Gasteiger partial charge in [-0.05, 0) is 19.3 Å². The van der Waals surface area contributed by atoms with Gasteiger partial charge in [0.05, 0.1) is 13.0 Å².